The van der Waals surface area contributed by atoms with Crippen LogP contribution in [0.2, 0.25) is 0 Å². The average Bonchev–Trinajstić information content (AvgIpc) is 3.03. The summed E-state index contributed by atoms with van der Waals surface area (Å²) in [5.41, 5.74) is 1.12. The molecule has 0 spiro atoms. The van der Waals surface area contributed by atoms with Crippen molar-refractivity contribution in [1.29, 1.82) is 0 Å². The van der Waals surface area contributed by atoms with Gasteiger partial charge >= 0.3 is 0 Å². The van der Waals surface area contributed by atoms with E-state index >= 15 is 0 Å². The molecule has 2 rings (SSSR count). The molecule has 0 aliphatic heterocycles. The van der Waals surface area contributed by atoms with Gasteiger partial charge < -0.3 is 10.1 Å². The maximum Gasteiger partial charge on any atom is 0.237 e. The molecule has 0 unspecified atom stereocenters. The van der Waals surface area contributed by atoms with Crippen LogP contribution >= 0.6 is 11.3 Å². The number of nitrogens with one attached hydrogen (secondary N) is 1. The molecule has 0 amide bonds. The van der Waals surface area contributed by atoms with E-state index in [1.165, 1.54) is 38.5 Å². The van der Waals surface area contributed by atoms with Crippen LogP contribution in [0.15, 0.2) is 11.6 Å². The van der Waals surface area contributed by atoms with Crippen LogP contribution in [-0.2, 0) is 6.54 Å². The number of imidazole rings is 1. The molecule has 0 radical (unpaired) electrons. The van der Waals surface area contributed by atoms with Crippen LogP contribution in [0.25, 0.3) is 4.96 Å². The van der Waals surface area contributed by atoms with E-state index in [4.69, 9.17) is 4.74 Å². The molecule has 0 atom stereocenters. The summed E-state index contributed by atoms with van der Waals surface area (Å²) in [7, 11) is 1.68. The first-order chi connectivity index (χ1) is 9.86. The highest BCUT2D eigenvalue weighted by Crippen LogP contribution is 2.22. The number of unbranched alkanes of at least 4 members (excludes halogenated alkanes) is 5. The normalized spacial score (nSPS) is 11.3. The van der Waals surface area contributed by atoms with Crippen molar-refractivity contribution >= 4 is 16.3 Å². The standard InChI is InChI=1S/C15H25N3OS/c1-3-4-5-6-7-8-9-16-12-13-14(19-2)17-15-18(13)10-11-20-15/h10-11,16H,3-9,12H2,1-2H3. The fourth-order valence-electron chi connectivity index (χ4n) is 2.37. The number of fused-ring (bicyclic) bond motifs is 1. The third-order valence-electron chi connectivity index (χ3n) is 3.52. The van der Waals surface area contributed by atoms with Crippen LogP contribution in [0, 0.1) is 0 Å². The predicted molar refractivity (Wildman–Crippen MR) is 84.7 cm³/mol. The number of thiazole rings is 1. The molecule has 5 heteroatoms. The predicted octanol–water partition coefficient (Wildman–Crippen LogP) is 3.85. The largest absolute Gasteiger partial charge is 0.480 e. The number of hydrogen-bond acceptors (Lipinski definition) is 4. The molecular weight excluding hydrogens is 270 g/mol. The molecule has 0 saturated heterocycles. The van der Waals surface area contributed by atoms with Gasteiger partial charge in [-0.3, -0.25) is 4.40 Å². The van der Waals surface area contributed by atoms with Crippen LogP contribution in [-0.4, -0.2) is 23.0 Å². The lowest BCUT2D eigenvalue weighted by Crippen LogP contribution is -2.16. The van der Waals surface area contributed by atoms with Crippen molar-refractivity contribution in [3.05, 3.63) is 17.3 Å². The van der Waals surface area contributed by atoms with E-state index in [0.29, 0.717) is 0 Å². The molecule has 0 fully saturated rings. The number of rotatable bonds is 10. The van der Waals surface area contributed by atoms with Crippen molar-refractivity contribution in [3.8, 4) is 5.88 Å². The molecule has 4 nitrogen and oxygen atoms in total. The average molecular weight is 295 g/mol. The van der Waals surface area contributed by atoms with E-state index in [2.05, 4.69) is 33.2 Å². The third-order valence-corrected chi connectivity index (χ3v) is 4.27. The summed E-state index contributed by atoms with van der Waals surface area (Å²) < 4.78 is 7.45. The van der Waals surface area contributed by atoms with Gasteiger partial charge in [0.15, 0.2) is 4.96 Å². The van der Waals surface area contributed by atoms with Gasteiger partial charge in [0.05, 0.1) is 7.11 Å². The van der Waals surface area contributed by atoms with Gasteiger partial charge in [-0.1, -0.05) is 39.0 Å². The zero-order chi connectivity index (χ0) is 14.2. The van der Waals surface area contributed by atoms with Gasteiger partial charge in [-0.2, -0.15) is 4.98 Å². The van der Waals surface area contributed by atoms with E-state index in [9.17, 15) is 0 Å². The molecule has 2 aromatic heterocycles. The second-order valence-electron chi connectivity index (χ2n) is 5.07. The summed E-state index contributed by atoms with van der Waals surface area (Å²) in [6, 6.07) is 0. The highest BCUT2D eigenvalue weighted by Gasteiger charge is 2.12. The zero-order valence-electron chi connectivity index (χ0n) is 12.5. The van der Waals surface area contributed by atoms with Gasteiger partial charge in [0.25, 0.3) is 0 Å². The topological polar surface area (TPSA) is 38.6 Å². The highest BCUT2D eigenvalue weighted by atomic mass is 32.1. The molecule has 0 bridgehead atoms. The van der Waals surface area contributed by atoms with Crippen LogP contribution < -0.4 is 10.1 Å². The SMILES string of the molecule is CCCCCCCCNCc1c(OC)nc2sccn12. The van der Waals surface area contributed by atoms with Crippen LogP contribution in [0.5, 0.6) is 5.88 Å². The van der Waals surface area contributed by atoms with Gasteiger partial charge in [-0.25, -0.2) is 0 Å². The van der Waals surface area contributed by atoms with E-state index in [0.717, 1.165) is 29.6 Å². The first-order valence-electron chi connectivity index (χ1n) is 7.56. The van der Waals surface area contributed by atoms with E-state index in [1.807, 2.05) is 0 Å². The fourth-order valence-corrected chi connectivity index (χ4v) is 3.10. The van der Waals surface area contributed by atoms with Crippen molar-refractivity contribution in [2.45, 2.75) is 52.0 Å². The van der Waals surface area contributed by atoms with Crippen molar-refractivity contribution < 1.29 is 4.74 Å². The van der Waals surface area contributed by atoms with Crippen molar-refractivity contribution in [3.63, 3.8) is 0 Å². The van der Waals surface area contributed by atoms with Crippen molar-refractivity contribution in [2.75, 3.05) is 13.7 Å². The maximum absolute atomic E-state index is 5.35. The minimum Gasteiger partial charge on any atom is -0.480 e. The molecule has 1 N–H and O–H groups in total. The van der Waals surface area contributed by atoms with Crippen molar-refractivity contribution in [2.24, 2.45) is 0 Å². The third kappa shape index (κ3) is 3.96. The van der Waals surface area contributed by atoms with Crippen LogP contribution in [0.4, 0.5) is 0 Å². The molecule has 2 heterocycles. The monoisotopic (exact) mass is 295 g/mol. The summed E-state index contributed by atoms with van der Waals surface area (Å²) in [5, 5.41) is 5.55. The quantitative estimate of drug-likeness (QED) is 0.677. The molecule has 0 aromatic carbocycles. The summed E-state index contributed by atoms with van der Waals surface area (Å²) in [5.74, 6) is 0.743. The van der Waals surface area contributed by atoms with E-state index in [-0.39, 0.29) is 0 Å². The van der Waals surface area contributed by atoms with Gasteiger partial charge in [-0.15, -0.1) is 11.3 Å². The number of hydrogen-bond donors (Lipinski definition) is 1. The Morgan fingerprint density at radius 3 is 2.85 bits per heavy atom. The highest BCUT2D eigenvalue weighted by molar-refractivity contribution is 7.15. The Morgan fingerprint density at radius 2 is 2.05 bits per heavy atom. The lowest BCUT2D eigenvalue weighted by molar-refractivity contribution is 0.392. The Kier molecular flexibility index (Phi) is 6.33. The number of methoxy groups -OCH3 is 1. The molecule has 2 aromatic rings. The summed E-state index contributed by atoms with van der Waals surface area (Å²) in [6.07, 6.45) is 10.1. The van der Waals surface area contributed by atoms with Gasteiger partial charge in [0, 0.05) is 18.1 Å². The maximum atomic E-state index is 5.35. The Hall–Kier alpha value is -1.07. The van der Waals surface area contributed by atoms with E-state index < -0.39 is 0 Å². The van der Waals surface area contributed by atoms with Gasteiger partial charge in [-0.05, 0) is 13.0 Å². The second-order valence-corrected chi connectivity index (χ2v) is 5.94. The molecule has 0 aliphatic carbocycles. The van der Waals surface area contributed by atoms with E-state index in [1.54, 1.807) is 18.4 Å². The molecule has 20 heavy (non-hydrogen) atoms. The zero-order valence-corrected chi connectivity index (χ0v) is 13.3. The van der Waals surface area contributed by atoms with Crippen LogP contribution in [0.3, 0.4) is 0 Å². The molecule has 112 valence electrons. The van der Waals surface area contributed by atoms with Crippen LogP contribution in [0.1, 0.15) is 51.1 Å². The number of ether oxygens (including phenoxy) is 1. The molecule has 0 aliphatic rings. The Labute approximate surface area is 125 Å². The lowest BCUT2D eigenvalue weighted by Gasteiger charge is -2.06. The van der Waals surface area contributed by atoms with Crippen molar-refractivity contribution in [1.82, 2.24) is 14.7 Å². The number of nitrogens with zero attached hydrogens (tertiary/aromatic N) is 2. The van der Waals surface area contributed by atoms with Gasteiger partial charge in [0.2, 0.25) is 5.88 Å². The second kappa shape index (κ2) is 8.27. The smallest absolute Gasteiger partial charge is 0.237 e. The lowest BCUT2D eigenvalue weighted by atomic mass is 10.1. The molecular formula is C15H25N3OS. The first-order valence-corrected chi connectivity index (χ1v) is 8.44. The summed E-state index contributed by atoms with van der Waals surface area (Å²) >= 11 is 1.64. The first kappa shape index (κ1) is 15.3. The summed E-state index contributed by atoms with van der Waals surface area (Å²) in [4.78, 5) is 5.46. The Bertz CT molecular complexity index is 506. The molecule has 0 saturated carbocycles. The fraction of sp³-hybridized carbons (Fsp3) is 0.667. The number of aromatic nitrogens is 2. The minimum absolute atomic E-state index is 0.743. The minimum atomic E-state index is 0.743. The Morgan fingerprint density at radius 1 is 1.25 bits per heavy atom. The Balaban J connectivity index is 1.71. The van der Waals surface area contributed by atoms with Gasteiger partial charge in [0.1, 0.15) is 5.69 Å². The summed E-state index contributed by atoms with van der Waals surface area (Å²) in [6.45, 7) is 4.13.